The van der Waals surface area contributed by atoms with Gasteiger partial charge in [-0.3, -0.25) is 4.98 Å². The van der Waals surface area contributed by atoms with E-state index < -0.39 is 14.0 Å². The zero-order chi connectivity index (χ0) is 10.1. The van der Waals surface area contributed by atoms with Gasteiger partial charge in [-0.05, 0) is 11.3 Å². The van der Waals surface area contributed by atoms with Crippen LogP contribution in [0.3, 0.4) is 0 Å². The molecular weight excluding hydrogens is 182 g/mol. The van der Waals surface area contributed by atoms with Gasteiger partial charge in [-0.15, -0.1) is 0 Å². The van der Waals surface area contributed by atoms with Crippen molar-refractivity contribution in [3.05, 3.63) is 24.0 Å². The Labute approximate surface area is 78.4 Å². The summed E-state index contributed by atoms with van der Waals surface area (Å²) >= 11 is 0. The average Bonchev–Trinajstić information content (AvgIpc) is 2.03. The van der Waals surface area contributed by atoms with Crippen molar-refractivity contribution in [1.29, 1.82) is 0 Å². The SMILES string of the molecule is C[Si](C)(C)c1cnccc1C(=O)O. The number of hydrogen-bond donors (Lipinski definition) is 1. The largest absolute Gasteiger partial charge is 0.478 e. The number of pyridine rings is 1. The van der Waals surface area contributed by atoms with Crippen LogP contribution in [0.2, 0.25) is 19.6 Å². The molecule has 13 heavy (non-hydrogen) atoms. The topological polar surface area (TPSA) is 50.2 Å². The van der Waals surface area contributed by atoms with Crippen LogP contribution in [0.4, 0.5) is 0 Å². The maximum absolute atomic E-state index is 10.9. The molecule has 0 saturated heterocycles. The van der Waals surface area contributed by atoms with Crippen LogP contribution in [-0.4, -0.2) is 24.1 Å². The summed E-state index contributed by atoms with van der Waals surface area (Å²) in [7, 11) is -1.58. The zero-order valence-electron chi connectivity index (χ0n) is 8.03. The number of hydrogen-bond acceptors (Lipinski definition) is 2. The van der Waals surface area contributed by atoms with Crippen LogP contribution in [0.25, 0.3) is 0 Å². The summed E-state index contributed by atoms with van der Waals surface area (Å²) in [5, 5.41) is 9.83. The van der Waals surface area contributed by atoms with Gasteiger partial charge in [-0.2, -0.15) is 0 Å². The molecule has 0 aromatic carbocycles. The summed E-state index contributed by atoms with van der Waals surface area (Å²) in [6.45, 7) is 6.32. The molecule has 0 aliphatic rings. The van der Waals surface area contributed by atoms with E-state index in [1.807, 2.05) is 0 Å². The summed E-state index contributed by atoms with van der Waals surface area (Å²) in [6.07, 6.45) is 3.20. The van der Waals surface area contributed by atoms with Gasteiger partial charge in [-0.1, -0.05) is 19.6 Å². The van der Waals surface area contributed by atoms with Gasteiger partial charge in [0.25, 0.3) is 0 Å². The third-order valence-electron chi connectivity index (χ3n) is 1.86. The van der Waals surface area contributed by atoms with Crippen LogP contribution in [-0.2, 0) is 0 Å². The van der Waals surface area contributed by atoms with E-state index in [2.05, 4.69) is 24.6 Å². The lowest BCUT2D eigenvalue weighted by atomic mass is 10.3. The predicted molar refractivity (Wildman–Crippen MR) is 54.2 cm³/mol. The van der Waals surface area contributed by atoms with Crippen molar-refractivity contribution >= 4 is 19.2 Å². The molecule has 1 aromatic heterocycles. The van der Waals surface area contributed by atoms with E-state index in [4.69, 9.17) is 5.11 Å². The number of carboxylic acids is 1. The molecule has 0 saturated carbocycles. The standard InChI is InChI=1S/C9H13NO2Si/c1-13(2,3)8-6-10-5-4-7(8)9(11)12/h4-6H,1-3H3,(H,11,12). The van der Waals surface area contributed by atoms with Crippen molar-refractivity contribution in [2.75, 3.05) is 0 Å². The first-order valence-electron chi connectivity index (χ1n) is 4.10. The molecule has 0 spiro atoms. The zero-order valence-corrected chi connectivity index (χ0v) is 9.03. The molecule has 0 amide bonds. The first kappa shape index (κ1) is 9.92. The van der Waals surface area contributed by atoms with Gasteiger partial charge < -0.3 is 5.11 Å². The molecule has 0 bridgehead atoms. The number of aromatic nitrogens is 1. The number of aromatic carboxylic acids is 1. The van der Waals surface area contributed by atoms with Crippen LogP contribution < -0.4 is 5.19 Å². The summed E-state index contributed by atoms with van der Waals surface area (Å²) in [5.74, 6) is -0.861. The van der Waals surface area contributed by atoms with Crippen LogP contribution in [0, 0.1) is 0 Å². The highest BCUT2D eigenvalue weighted by atomic mass is 28.3. The quantitative estimate of drug-likeness (QED) is 0.724. The van der Waals surface area contributed by atoms with Crippen LogP contribution in [0.1, 0.15) is 10.4 Å². The number of nitrogens with zero attached hydrogens (tertiary/aromatic N) is 1. The van der Waals surface area contributed by atoms with Gasteiger partial charge in [-0.25, -0.2) is 4.79 Å². The Kier molecular flexibility index (Phi) is 2.52. The van der Waals surface area contributed by atoms with Crippen molar-refractivity contribution in [1.82, 2.24) is 4.98 Å². The number of carbonyl (C=O) groups is 1. The molecule has 0 unspecified atom stereocenters. The monoisotopic (exact) mass is 195 g/mol. The molecular formula is C9H13NO2Si. The molecule has 0 radical (unpaired) electrons. The second-order valence-electron chi connectivity index (χ2n) is 3.98. The Balaban J connectivity index is 3.28. The van der Waals surface area contributed by atoms with Crippen molar-refractivity contribution < 1.29 is 9.90 Å². The van der Waals surface area contributed by atoms with Gasteiger partial charge in [0.2, 0.25) is 0 Å². The highest BCUT2D eigenvalue weighted by molar-refractivity contribution is 6.89. The van der Waals surface area contributed by atoms with Gasteiger partial charge in [0.15, 0.2) is 0 Å². The fraction of sp³-hybridized carbons (Fsp3) is 0.333. The van der Waals surface area contributed by atoms with E-state index in [1.54, 1.807) is 12.3 Å². The van der Waals surface area contributed by atoms with E-state index in [0.29, 0.717) is 5.56 Å². The molecule has 0 atom stereocenters. The highest BCUT2D eigenvalue weighted by Gasteiger charge is 2.22. The minimum Gasteiger partial charge on any atom is -0.478 e. The smallest absolute Gasteiger partial charge is 0.335 e. The lowest BCUT2D eigenvalue weighted by molar-refractivity contribution is 0.0698. The van der Waals surface area contributed by atoms with Crippen molar-refractivity contribution in [3.63, 3.8) is 0 Å². The molecule has 0 aliphatic carbocycles. The van der Waals surface area contributed by atoms with Crippen LogP contribution in [0.15, 0.2) is 18.5 Å². The third-order valence-corrected chi connectivity index (χ3v) is 3.87. The Morgan fingerprint density at radius 1 is 1.46 bits per heavy atom. The molecule has 0 aliphatic heterocycles. The van der Waals surface area contributed by atoms with Gasteiger partial charge in [0.1, 0.15) is 0 Å². The van der Waals surface area contributed by atoms with E-state index in [0.717, 1.165) is 5.19 Å². The molecule has 1 aromatic rings. The Morgan fingerprint density at radius 3 is 2.46 bits per heavy atom. The summed E-state index contributed by atoms with van der Waals surface area (Å²) in [4.78, 5) is 14.8. The molecule has 3 nitrogen and oxygen atoms in total. The Bertz CT molecular complexity index is 331. The normalized spacial score (nSPS) is 11.3. The summed E-state index contributed by atoms with van der Waals surface area (Å²) in [6, 6.07) is 1.57. The average molecular weight is 195 g/mol. The predicted octanol–water partition coefficient (Wildman–Crippen LogP) is 1.32. The molecule has 4 heteroatoms. The number of rotatable bonds is 2. The summed E-state index contributed by atoms with van der Waals surface area (Å²) in [5.41, 5.74) is 0.397. The van der Waals surface area contributed by atoms with Crippen molar-refractivity contribution in [3.8, 4) is 0 Å². The van der Waals surface area contributed by atoms with E-state index in [-0.39, 0.29) is 0 Å². The Hall–Kier alpha value is -1.16. The minimum atomic E-state index is -1.58. The van der Waals surface area contributed by atoms with Crippen molar-refractivity contribution in [2.45, 2.75) is 19.6 Å². The fourth-order valence-corrected chi connectivity index (χ4v) is 2.64. The molecule has 1 N–H and O–H groups in total. The van der Waals surface area contributed by atoms with E-state index in [9.17, 15) is 4.79 Å². The first-order valence-corrected chi connectivity index (χ1v) is 7.60. The molecule has 1 heterocycles. The molecule has 70 valence electrons. The van der Waals surface area contributed by atoms with Gasteiger partial charge in [0.05, 0.1) is 13.6 Å². The fourth-order valence-electron chi connectivity index (χ4n) is 1.18. The second-order valence-corrected chi connectivity index (χ2v) is 9.02. The Morgan fingerprint density at radius 2 is 2.08 bits per heavy atom. The second kappa shape index (κ2) is 3.30. The summed E-state index contributed by atoms with van der Waals surface area (Å²) < 4.78 is 0. The lowest BCUT2D eigenvalue weighted by Crippen LogP contribution is -2.41. The number of carboxylic acid groups (broad SMARTS) is 1. The van der Waals surface area contributed by atoms with Crippen LogP contribution in [0.5, 0.6) is 0 Å². The van der Waals surface area contributed by atoms with E-state index >= 15 is 0 Å². The minimum absolute atomic E-state index is 0.397. The van der Waals surface area contributed by atoms with Crippen LogP contribution >= 0.6 is 0 Å². The molecule has 1 rings (SSSR count). The maximum atomic E-state index is 10.9. The van der Waals surface area contributed by atoms with Crippen molar-refractivity contribution in [2.24, 2.45) is 0 Å². The third kappa shape index (κ3) is 2.15. The van der Waals surface area contributed by atoms with Gasteiger partial charge in [0, 0.05) is 12.4 Å². The first-order chi connectivity index (χ1) is 5.93. The van der Waals surface area contributed by atoms with Gasteiger partial charge >= 0.3 is 5.97 Å². The highest BCUT2D eigenvalue weighted by Crippen LogP contribution is 2.05. The molecule has 0 fully saturated rings. The maximum Gasteiger partial charge on any atom is 0.335 e. The van der Waals surface area contributed by atoms with E-state index in [1.165, 1.54) is 6.20 Å². The lowest BCUT2D eigenvalue weighted by Gasteiger charge is -2.17.